The highest BCUT2D eigenvalue weighted by atomic mass is 32.2. The normalized spacial score (nSPS) is 18.5. The Hall–Kier alpha value is -2.17. The van der Waals surface area contributed by atoms with Gasteiger partial charge in [-0.2, -0.15) is 9.37 Å². The van der Waals surface area contributed by atoms with E-state index in [1.54, 1.807) is 0 Å². The molecule has 0 unspecified atom stereocenters. The Morgan fingerprint density at radius 1 is 0.926 bits per heavy atom. The number of hydrogen-bond donors (Lipinski definition) is 0. The number of pyridine rings is 1. The van der Waals surface area contributed by atoms with Crippen molar-refractivity contribution in [2.75, 3.05) is 30.3 Å². The molecule has 0 N–H and O–H groups in total. The van der Waals surface area contributed by atoms with Crippen LogP contribution in [-0.2, 0) is 19.4 Å². The van der Waals surface area contributed by atoms with Crippen molar-refractivity contribution in [2.24, 2.45) is 0 Å². The van der Waals surface area contributed by atoms with Crippen LogP contribution in [0.15, 0.2) is 4.90 Å². The molecule has 2 saturated heterocycles. The molecule has 2 aliphatic rings. The molecule has 0 atom stereocenters. The molecule has 2 fully saturated rings. The fraction of sp³-hybridized carbons (Fsp3) is 0.562. The summed E-state index contributed by atoms with van der Waals surface area (Å²) in [6, 6.07) is 0. The molecule has 7 nitrogen and oxygen atoms in total. The minimum absolute atomic E-state index is 0.0371. The number of hydrogen-bond acceptors (Lipinski definition) is 6. The Bertz CT molecular complexity index is 869. The number of carbonyl (C=O) groups is 2. The lowest BCUT2D eigenvalue weighted by molar-refractivity contribution is -0.137. The second kappa shape index (κ2) is 7.45. The van der Waals surface area contributed by atoms with Gasteiger partial charge in [0, 0.05) is 32.5 Å². The summed E-state index contributed by atoms with van der Waals surface area (Å²) in [7, 11) is -4.64. The first kappa shape index (κ1) is 19.6. The second-order valence-electron chi connectivity index (χ2n) is 6.49. The van der Waals surface area contributed by atoms with E-state index >= 15 is 0 Å². The van der Waals surface area contributed by atoms with Crippen LogP contribution in [0.1, 0.15) is 32.1 Å². The van der Waals surface area contributed by atoms with Crippen LogP contribution in [0.25, 0.3) is 0 Å². The quantitative estimate of drug-likeness (QED) is 0.544. The van der Waals surface area contributed by atoms with Crippen molar-refractivity contribution < 1.29 is 31.2 Å². The molecule has 2 amide bonds. The van der Waals surface area contributed by atoms with Crippen molar-refractivity contribution in [1.29, 1.82) is 0 Å². The Labute approximate surface area is 154 Å². The van der Waals surface area contributed by atoms with E-state index in [0.29, 0.717) is 25.9 Å². The third kappa shape index (κ3) is 3.78. The summed E-state index contributed by atoms with van der Waals surface area (Å²) >= 11 is 0. The minimum Gasteiger partial charge on any atom is -0.354 e. The summed E-state index contributed by atoms with van der Waals surface area (Å²) in [5.41, 5.74) is 0. The fourth-order valence-corrected chi connectivity index (χ4v) is 4.61. The molecule has 148 valence electrons. The molecule has 0 aliphatic carbocycles. The number of imide groups is 1. The zero-order valence-corrected chi connectivity index (χ0v) is 15.2. The summed E-state index contributed by atoms with van der Waals surface area (Å²) in [6.45, 7) is 0.165. The second-order valence-corrected chi connectivity index (χ2v) is 8.53. The van der Waals surface area contributed by atoms with Crippen LogP contribution in [0.4, 0.5) is 19.0 Å². The Kier molecular flexibility index (Phi) is 5.41. The maximum atomic E-state index is 14.8. The van der Waals surface area contributed by atoms with Gasteiger partial charge in [0.05, 0.1) is 5.75 Å². The van der Waals surface area contributed by atoms with Gasteiger partial charge in [-0.25, -0.2) is 17.2 Å². The molecular weight excluding hydrogens is 387 g/mol. The molecule has 0 aromatic carbocycles. The number of carbonyl (C=O) groups excluding carboxylic acids is 2. The van der Waals surface area contributed by atoms with Crippen molar-refractivity contribution in [2.45, 2.75) is 37.0 Å². The number of amides is 2. The third-order valence-corrected chi connectivity index (χ3v) is 6.39. The summed E-state index contributed by atoms with van der Waals surface area (Å²) in [5.74, 6) is -7.59. The number of sulfone groups is 1. The monoisotopic (exact) mass is 405 g/mol. The largest absolute Gasteiger partial charge is 0.354 e. The lowest BCUT2D eigenvalue weighted by atomic mass is 10.1. The van der Waals surface area contributed by atoms with E-state index in [0.717, 1.165) is 11.3 Å². The molecular formula is C16H18F3N3O4S. The Morgan fingerprint density at radius 3 is 2.11 bits per heavy atom. The van der Waals surface area contributed by atoms with Gasteiger partial charge >= 0.3 is 0 Å². The van der Waals surface area contributed by atoms with Gasteiger partial charge in [-0.1, -0.05) is 0 Å². The van der Waals surface area contributed by atoms with Crippen molar-refractivity contribution in [3.63, 3.8) is 0 Å². The molecule has 1 aromatic rings. The fourth-order valence-electron chi connectivity index (χ4n) is 3.26. The van der Waals surface area contributed by atoms with Gasteiger partial charge in [0.2, 0.25) is 11.8 Å². The molecule has 2 aliphatic heterocycles. The summed E-state index contributed by atoms with van der Waals surface area (Å²) in [6.07, 6.45) is 2.21. The zero-order chi connectivity index (χ0) is 19.8. The molecule has 0 radical (unpaired) electrons. The Morgan fingerprint density at radius 2 is 1.52 bits per heavy atom. The highest BCUT2D eigenvalue weighted by Gasteiger charge is 2.35. The van der Waals surface area contributed by atoms with Gasteiger partial charge < -0.3 is 4.90 Å². The smallest absolute Gasteiger partial charge is 0.252 e. The Balaban J connectivity index is 1.92. The van der Waals surface area contributed by atoms with E-state index in [1.165, 1.54) is 4.90 Å². The number of anilines is 1. The highest BCUT2D eigenvalue weighted by Crippen LogP contribution is 2.30. The van der Waals surface area contributed by atoms with E-state index < -0.39 is 62.2 Å². The number of nitrogens with zero attached hydrogens (tertiary/aromatic N) is 3. The molecule has 27 heavy (non-hydrogen) atoms. The molecule has 11 heteroatoms. The van der Waals surface area contributed by atoms with Crippen molar-refractivity contribution >= 4 is 27.5 Å². The first-order chi connectivity index (χ1) is 12.7. The molecule has 3 rings (SSSR count). The maximum absolute atomic E-state index is 14.8. The standard InChI is InChI=1S/C16H18F3N3O4S/c17-12-14(27(25,26)9-8-22-10(23)4-5-11(22)24)13(18)16(20-15(12)19)21-6-2-1-3-7-21/h1-9H2. The molecule has 3 heterocycles. The first-order valence-electron chi connectivity index (χ1n) is 8.58. The molecule has 0 bridgehead atoms. The minimum atomic E-state index is -4.64. The van der Waals surface area contributed by atoms with E-state index in [2.05, 4.69) is 4.98 Å². The number of aromatic nitrogens is 1. The van der Waals surface area contributed by atoms with Crippen molar-refractivity contribution in [3.05, 3.63) is 17.6 Å². The van der Waals surface area contributed by atoms with Gasteiger partial charge in [0.25, 0.3) is 5.95 Å². The summed E-state index contributed by atoms with van der Waals surface area (Å²) in [4.78, 5) is 27.1. The summed E-state index contributed by atoms with van der Waals surface area (Å²) < 4.78 is 67.8. The van der Waals surface area contributed by atoms with Crippen LogP contribution < -0.4 is 4.90 Å². The van der Waals surface area contributed by atoms with Crippen LogP contribution >= 0.6 is 0 Å². The van der Waals surface area contributed by atoms with E-state index in [-0.39, 0.29) is 12.8 Å². The zero-order valence-electron chi connectivity index (χ0n) is 14.4. The van der Waals surface area contributed by atoms with Crippen LogP contribution in [0.3, 0.4) is 0 Å². The first-order valence-corrected chi connectivity index (χ1v) is 10.2. The summed E-state index contributed by atoms with van der Waals surface area (Å²) in [5, 5.41) is 0. The molecule has 0 spiro atoms. The molecule has 1 aromatic heterocycles. The van der Waals surface area contributed by atoms with Gasteiger partial charge in [-0.15, -0.1) is 0 Å². The number of halogens is 3. The van der Waals surface area contributed by atoms with Crippen LogP contribution in [0, 0.1) is 17.6 Å². The predicted molar refractivity (Wildman–Crippen MR) is 88.2 cm³/mol. The molecule has 0 saturated carbocycles. The predicted octanol–water partition coefficient (Wildman–Crippen LogP) is 1.41. The highest BCUT2D eigenvalue weighted by molar-refractivity contribution is 7.91. The SMILES string of the molecule is O=C1CCC(=O)N1CCS(=O)(=O)c1c(F)c(F)nc(N2CCCCC2)c1F. The lowest BCUT2D eigenvalue weighted by Crippen LogP contribution is -2.35. The van der Waals surface area contributed by atoms with Crippen LogP contribution in [0.5, 0.6) is 0 Å². The van der Waals surface area contributed by atoms with Crippen molar-refractivity contribution in [3.8, 4) is 0 Å². The maximum Gasteiger partial charge on any atom is 0.252 e. The van der Waals surface area contributed by atoms with E-state index in [4.69, 9.17) is 0 Å². The van der Waals surface area contributed by atoms with E-state index in [1.807, 2.05) is 0 Å². The average Bonchev–Trinajstić information content (AvgIpc) is 2.95. The van der Waals surface area contributed by atoms with Crippen LogP contribution in [0.2, 0.25) is 0 Å². The van der Waals surface area contributed by atoms with Crippen molar-refractivity contribution in [1.82, 2.24) is 9.88 Å². The van der Waals surface area contributed by atoms with E-state index in [9.17, 15) is 31.2 Å². The van der Waals surface area contributed by atoms with Gasteiger partial charge in [0.15, 0.2) is 27.3 Å². The topological polar surface area (TPSA) is 87.7 Å². The lowest BCUT2D eigenvalue weighted by Gasteiger charge is -2.28. The van der Waals surface area contributed by atoms with Gasteiger partial charge in [-0.05, 0) is 19.3 Å². The average molecular weight is 405 g/mol. The number of piperidine rings is 1. The third-order valence-electron chi connectivity index (χ3n) is 4.69. The number of likely N-dealkylation sites (tertiary alicyclic amines) is 1. The van der Waals surface area contributed by atoms with Gasteiger partial charge in [0.1, 0.15) is 4.90 Å². The van der Waals surface area contributed by atoms with Crippen LogP contribution in [-0.4, -0.2) is 55.5 Å². The van der Waals surface area contributed by atoms with Gasteiger partial charge in [-0.3, -0.25) is 14.5 Å². The number of rotatable bonds is 5.